The fraction of sp³-hybridized carbons (Fsp3) is 0.222. The van der Waals surface area contributed by atoms with Crippen molar-refractivity contribution in [3.63, 3.8) is 0 Å². The zero-order valence-corrected chi connectivity index (χ0v) is 15.0. The Morgan fingerprint density at radius 2 is 1.78 bits per heavy atom. The molecule has 0 aliphatic carbocycles. The Morgan fingerprint density at radius 3 is 2.48 bits per heavy atom. The van der Waals surface area contributed by atoms with Gasteiger partial charge in [-0.2, -0.15) is 4.31 Å². The molecule has 0 radical (unpaired) electrons. The Morgan fingerprint density at radius 1 is 1.07 bits per heavy atom. The summed E-state index contributed by atoms with van der Waals surface area (Å²) in [6.45, 7) is 1.08. The molecule has 2 heterocycles. The van der Waals surface area contributed by atoms with Gasteiger partial charge in [-0.1, -0.05) is 12.1 Å². The molecular weight excluding hydrogens is 373 g/mol. The largest absolute Gasteiger partial charge is 0.379 e. The van der Waals surface area contributed by atoms with Gasteiger partial charge in [0.25, 0.3) is 5.56 Å². The average Bonchev–Trinajstić information content (AvgIpc) is 2.69. The van der Waals surface area contributed by atoms with E-state index < -0.39 is 21.4 Å². The van der Waals surface area contributed by atoms with Crippen LogP contribution in [0.15, 0.2) is 52.4 Å². The van der Waals surface area contributed by atoms with Crippen molar-refractivity contribution in [2.45, 2.75) is 4.90 Å². The number of nitrogens with zero attached hydrogens (tertiary/aromatic N) is 2. The molecule has 0 unspecified atom stereocenters. The van der Waals surface area contributed by atoms with E-state index in [1.165, 1.54) is 41.0 Å². The van der Waals surface area contributed by atoms with Gasteiger partial charge in [-0.05, 0) is 35.4 Å². The molecule has 1 aliphatic heterocycles. The number of rotatable bonds is 3. The van der Waals surface area contributed by atoms with Gasteiger partial charge in [-0.25, -0.2) is 17.8 Å². The minimum atomic E-state index is -3.88. The SMILES string of the molecule is O=c1[nH]cnc2c(S(=O)(=O)N3CCOCC3)cc(-c3ccc(F)cc3)cc12. The maximum Gasteiger partial charge on any atom is 0.258 e. The Hall–Kier alpha value is -2.62. The highest BCUT2D eigenvalue weighted by Crippen LogP contribution is 2.30. The first kappa shape index (κ1) is 17.8. The molecule has 140 valence electrons. The van der Waals surface area contributed by atoms with Crippen LogP contribution in [0, 0.1) is 5.82 Å². The maximum absolute atomic E-state index is 13.3. The van der Waals surface area contributed by atoms with Gasteiger partial charge in [0.1, 0.15) is 10.7 Å². The van der Waals surface area contributed by atoms with Crippen LogP contribution in [0.25, 0.3) is 22.0 Å². The molecular formula is C18H16FN3O4S. The summed E-state index contributed by atoms with van der Waals surface area (Å²) in [6.07, 6.45) is 1.18. The van der Waals surface area contributed by atoms with E-state index in [1.807, 2.05) is 0 Å². The van der Waals surface area contributed by atoms with Gasteiger partial charge in [-0.15, -0.1) is 0 Å². The predicted molar refractivity (Wildman–Crippen MR) is 97.3 cm³/mol. The molecule has 1 saturated heterocycles. The van der Waals surface area contributed by atoms with E-state index >= 15 is 0 Å². The number of sulfonamides is 1. The van der Waals surface area contributed by atoms with Gasteiger partial charge in [0.15, 0.2) is 0 Å². The van der Waals surface area contributed by atoms with Gasteiger partial charge in [0.05, 0.1) is 30.4 Å². The van der Waals surface area contributed by atoms with Crippen molar-refractivity contribution in [2.24, 2.45) is 0 Å². The number of hydrogen-bond acceptors (Lipinski definition) is 5. The highest BCUT2D eigenvalue weighted by molar-refractivity contribution is 7.89. The number of benzene rings is 2. The summed E-state index contributed by atoms with van der Waals surface area (Å²) in [6, 6.07) is 8.67. The zero-order chi connectivity index (χ0) is 19.0. The maximum atomic E-state index is 13.3. The number of aromatic nitrogens is 2. The fourth-order valence-corrected chi connectivity index (χ4v) is 4.67. The monoisotopic (exact) mass is 389 g/mol. The van der Waals surface area contributed by atoms with Gasteiger partial charge < -0.3 is 9.72 Å². The van der Waals surface area contributed by atoms with Crippen LogP contribution >= 0.6 is 0 Å². The third kappa shape index (κ3) is 3.25. The second-order valence-electron chi connectivity index (χ2n) is 6.13. The van der Waals surface area contributed by atoms with Crippen LogP contribution in [-0.2, 0) is 14.8 Å². The van der Waals surface area contributed by atoms with Crippen LogP contribution < -0.4 is 5.56 Å². The van der Waals surface area contributed by atoms with Crippen molar-refractivity contribution >= 4 is 20.9 Å². The molecule has 1 aliphatic rings. The normalized spacial score (nSPS) is 15.9. The topological polar surface area (TPSA) is 92.4 Å². The van der Waals surface area contributed by atoms with Gasteiger partial charge in [0, 0.05) is 13.1 Å². The predicted octanol–water partition coefficient (Wildman–Crippen LogP) is 1.75. The number of fused-ring (bicyclic) bond motifs is 1. The Kier molecular flexibility index (Phi) is 4.50. The lowest BCUT2D eigenvalue weighted by molar-refractivity contribution is 0.0730. The summed E-state index contributed by atoms with van der Waals surface area (Å²) < 4.78 is 46.2. The van der Waals surface area contributed by atoms with Crippen molar-refractivity contribution in [1.29, 1.82) is 0 Å². The van der Waals surface area contributed by atoms with Crippen molar-refractivity contribution in [1.82, 2.24) is 14.3 Å². The standard InChI is InChI=1S/C18H16FN3O4S/c19-14-3-1-12(2-4-14)13-9-15-17(20-11-21-18(15)23)16(10-13)27(24,25)22-5-7-26-8-6-22/h1-4,9-11H,5-8H2,(H,20,21,23). The second kappa shape index (κ2) is 6.84. The first-order valence-electron chi connectivity index (χ1n) is 8.32. The Bertz CT molecular complexity index is 1150. The molecule has 3 aromatic rings. The summed E-state index contributed by atoms with van der Waals surface area (Å²) in [5, 5.41) is 0.158. The molecule has 0 spiro atoms. The summed E-state index contributed by atoms with van der Waals surface area (Å²) in [7, 11) is -3.88. The van der Waals surface area contributed by atoms with E-state index in [9.17, 15) is 17.6 Å². The lowest BCUT2D eigenvalue weighted by atomic mass is 10.0. The van der Waals surface area contributed by atoms with Crippen LogP contribution in [0.5, 0.6) is 0 Å². The first-order valence-corrected chi connectivity index (χ1v) is 9.76. The number of morpholine rings is 1. The number of halogens is 1. The van der Waals surface area contributed by atoms with Crippen molar-refractivity contribution in [3.8, 4) is 11.1 Å². The Labute approximate surface area is 154 Å². The summed E-state index contributed by atoms with van der Waals surface area (Å²) in [5.41, 5.74) is 0.756. The van der Waals surface area contributed by atoms with E-state index in [-0.39, 0.29) is 28.9 Å². The molecule has 4 rings (SSSR count). The number of hydrogen-bond donors (Lipinski definition) is 1. The van der Waals surface area contributed by atoms with Crippen molar-refractivity contribution in [2.75, 3.05) is 26.3 Å². The Balaban J connectivity index is 1.97. The van der Waals surface area contributed by atoms with Crippen LogP contribution in [0.2, 0.25) is 0 Å². The summed E-state index contributed by atoms with van der Waals surface area (Å²) >= 11 is 0. The summed E-state index contributed by atoms with van der Waals surface area (Å²) in [5.74, 6) is -0.403. The number of ether oxygens (including phenoxy) is 1. The lowest BCUT2D eigenvalue weighted by Gasteiger charge is -2.26. The summed E-state index contributed by atoms with van der Waals surface area (Å²) in [4.78, 5) is 18.8. The molecule has 1 fully saturated rings. The molecule has 0 amide bonds. The molecule has 9 heteroatoms. The quantitative estimate of drug-likeness (QED) is 0.737. The lowest BCUT2D eigenvalue weighted by Crippen LogP contribution is -2.40. The van der Waals surface area contributed by atoms with E-state index in [0.29, 0.717) is 24.3 Å². The molecule has 0 atom stereocenters. The third-order valence-electron chi connectivity index (χ3n) is 4.47. The highest BCUT2D eigenvalue weighted by Gasteiger charge is 2.29. The molecule has 0 bridgehead atoms. The number of nitrogens with one attached hydrogen (secondary N) is 1. The fourth-order valence-electron chi connectivity index (χ4n) is 3.08. The van der Waals surface area contributed by atoms with Crippen molar-refractivity contribution < 1.29 is 17.5 Å². The average molecular weight is 389 g/mol. The number of aromatic amines is 1. The zero-order valence-electron chi connectivity index (χ0n) is 14.2. The van der Waals surface area contributed by atoms with Gasteiger partial charge in [0.2, 0.25) is 10.0 Å². The molecule has 2 aromatic carbocycles. The minimum Gasteiger partial charge on any atom is -0.379 e. The molecule has 0 saturated carbocycles. The van der Waals surface area contributed by atoms with E-state index in [4.69, 9.17) is 4.74 Å². The first-order chi connectivity index (χ1) is 13.0. The van der Waals surface area contributed by atoms with Gasteiger partial charge >= 0.3 is 0 Å². The van der Waals surface area contributed by atoms with Gasteiger partial charge in [-0.3, -0.25) is 4.79 Å². The van der Waals surface area contributed by atoms with Crippen LogP contribution in [-0.4, -0.2) is 49.0 Å². The number of H-pyrrole nitrogens is 1. The van der Waals surface area contributed by atoms with E-state index in [0.717, 1.165) is 0 Å². The molecule has 27 heavy (non-hydrogen) atoms. The van der Waals surface area contributed by atoms with E-state index in [2.05, 4.69) is 9.97 Å². The van der Waals surface area contributed by atoms with Crippen LogP contribution in [0.3, 0.4) is 0 Å². The molecule has 1 N–H and O–H groups in total. The highest BCUT2D eigenvalue weighted by atomic mass is 32.2. The minimum absolute atomic E-state index is 0.0488. The van der Waals surface area contributed by atoms with Crippen LogP contribution in [0.1, 0.15) is 0 Å². The molecule has 1 aromatic heterocycles. The smallest absolute Gasteiger partial charge is 0.258 e. The van der Waals surface area contributed by atoms with Crippen LogP contribution in [0.4, 0.5) is 4.39 Å². The van der Waals surface area contributed by atoms with Crippen molar-refractivity contribution in [3.05, 3.63) is 58.9 Å². The molecule has 7 nitrogen and oxygen atoms in total. The third-order valence-corrected chi connectivity index (χ3v) is 6.39. The van der Waals surface area contributed by atoms with E-state index in [1.54, 1.807) is 6.07 Å². The second-order valence-corrected chi connectivity index (χ2v) is 8.03.